The minimum absolute atomic E-state index is 0.0201. The molecule has 0 atom stereocenters. The molecule has 0 bridgehead atoms. The van der Waals surface area contributed by atoms with E-state index in [1.807, 2.05) is 0 Å². The molecule has 9 nitrogen and oxygen atoms in total. The molecule has 0 fully saturated rings. The number of pyridine rings is 1. The van der Waals surface area contributed by atoms with Gasteiger partial charge in [0, 0.05) is 20.6 Å². The van der Waals surface area contributed by atoms with Crippen LogP contribution < -0.4 is 5.32 Å². The molecule has 31 heavy (non-hydrogen) atoms. The number of rotatable bonds is 6. The number of aromatic nitrogens is 2. The Hall–Kier alpha value is -3.50. The van der Waals surface area contributed by atoms with Crippen LogP contribution in [-0.4, -0.2) is 42.9 Å². The zero-order valence-electron chi connectivity index (χ0n) is 17.1. The maximum Gasteiger partial charge on any atom is 0.259 e. The number of amides is 1. The van der Waals surface area contributed by atoms with Gasteiger partial charge in [0.2, 0.25) is 10.0 Å². The van der Waals surface area contributed by atoms with Gasteiger partial charge in [-0.1, -0.05) is 23.4 Å². The number of furan rings is 1. The van der Waals surface area contributed by atoms with E-state index in [9.17, 15) is 13.2 Å². The van der Waals surface area contributed by atoms with Gasteiger partial charge < -0.3 is 14.3 Å². The maximum atomic E-state index is 13.1. The quantitative estimate of drug-likeness (QED) is 0.490. The molecule has 0 aliphatic carbocycles. The predicted molar refractivity (Wildman–Crippen MR) is 113 cm³/mol. The van der Waals surface area contributed by atoms with Crippen LogP contribution in [0.3, 0.4) is 0 Å². The van der Waals surface area contributed by atoms with Crippen molar-refractivity contribution in [1.82, 2.24) is 19.8 Å². The van der Waals surface area contributed by atoms with E-state index >= 15 is 0 Å². The van der Waals surface area contributed by atoms with Gasteiger partial charge in [-0.2, -0.15) is 0 Å². The Morgan fingerprint density at radius 2 is 1.94 bits per heavy atom. The number of hydrogen-bond acceptors (Lipinski definition) is 7. The summed E-state index contributed by atoms with van der Waals surface area (Å²) in [5.41, 5.74) is 1.95. The molecular weight excluding hydrogens is 420 g/mol. The molecule has 3 heterocycles. The minimum Gasteiger partial charge on any atom is -0.463 e. The van der Waals surface area contributed by atoms with Crippen molar-refractivity contribution in [2.75, 3.05) is 14.1 Å². The van der Waals surface area contributed by atoms with E-state index in [0.29, 0.717) is 33.7 Å². The summed E-state index contributed by atoms with van der Waals surface area (Å²) < 4.78 is 37.0. The summed E-state index contributed by atoms with van der Waals surface area (Å²) in [5, 5.41) is 7.20. The fraction of sp³-hybridized carbons (Fsp3) is 0.190. The molecule has 0 aliphatic heterocycles. The molecule has 1 aromatic carbocycles. The van der Waals surface area contributed by atoms with Crippen LogP contribution in [0.2, 0.25) is 0 Å². The smallest absolute Gasteiger partial charge is 0.259 e. The summed E-state index contributed by atoms with van der Waals surface area (Å²) in [6.45, 7) is 1.74. The van der Waals surface area contributed by atoms with Crippen LogP contribution >= 0.6 is 0 Å². The number of carbonyl (C=O) groups excluding carboxylic acids is 1. The second-order valence-corrected chi connectivity index (χ2v) is 9.18. The van der Waals surface area contributed by atoms with Gasteiger partial charge in [-0.05, 0) is 36.8 Å². The van der Waals surface area contributed by atoms with Crippen LogP contribution in [0, 0.1) is 6.92 Å². The number of nitrogens with one attached hydrogen (secondary N) is 1. The van der Waals surface area contributed by atoms with Crippen LogP contribution in [0.4, 0.5) is 0 Å². The highest BCUT2D eigenvalue weighted by Crippen LogP contribution is 2.27. The van der Waals surface area contributed by atoms with Gasteiger partial charge in [-0.3, -0.25) is 4.79 Å². The average molecular weight is 440 g/mol. The van der Waals surface area contributed by atoms with Crippen molar-refractivity contribution in [3.8, 4) is 11.5 Å². The highest BCUT2D eigenvalue weighted by Gasteiger charge is 2.23. The van der Waals surface area contributed by atoms with Gasteiger partial charge >= 0.3 is 0 Å². The largest absolute Gasteiger partial charge is 0.463 e. The van der Waals surface area contributed by atoms with E-state index in [0.717, 1.165) is 4.31 Å². The summed E-state index contributed by atoms with van der Waals surface area (Å²) in [5.74, 6) is 0.0657. The normalized spacial score (nSPS) is 11.9. The third kappa shape index (κ3) is 3.82. The molecule has 4 aromatic rings. The maximum absolute atomic E-state index is 13.1. The molecule has 0 unspecified atom stereocenters. The van der Waals surface area contributed by atoms with Crippen LogP contribution in [0.5, 0.6) is 0 Å². The van der Waals surface area contributed by atoms with Crippen molar-refractivity contribution in [2.24, 2.45) is 0 Å². The van der Waals surface area contributed by atoms with Gasteiger partial charge in [0.1, 0.15) is 5.69 Å². The highest BCUT2D eigenvalue weighted by molar-refractivity contribution is 7.89. The predicted octanol–water partition coefficient (Wildman–Crippen LogP) is 2.97. The monoisotopic (exact) mass is 440 g/mol. The molecular formula is C21H20N4O5S. The van der Waals surface area contributed by atoms with Crippen LogP contribution in [0.15, 0.2) is 62.6 Å². The molecule has 3 aromatic heterocycles. The summed E-state index contributed by atoms with van der Waals surface area (Å²) in [6, 6.07) is 11.6. The Morgan fingerprint density at radius 3 is 2.65 bits per heavy atom. The minimum atomic E-state index is -3.65. The number of benzene rings is 1. The lowest BCUT2D eigenvalue weighted by Gasteiger charge is -2.15. The number of sulfonamides is 1. The number of hydrogen-bond donors (Lipinski definition) is 1. The fourth-order valence-corrected chi connectivity index (χ4v) is 4.31. The Kier molecular flexibility index (Phi) is 5.34. The average Bonchev–Trinajstić information content (AvgIpc) is 3.42. The van der Waals surface area contributed by atoms with E-state index in [1.54, 1.807) is 43.3 Å². The first kappa shape index (κ1) is 20.8. The number of nitrogens with zero attached hydrogens (tertiary/aromatic N) is 3. The summed E-state index contributed by atoms with van der Waals surface area (Å²) in [6.07, 6.45) is 1.51. The van der Waals surface area contributed by atoms with Crippen LogP contribution in [0.1, 0.15) is 21.6 Å². The molecule has 0 radical (unpaired) electrons. The SMILES string of the molecule is Cc1noc2nc(-c3ccco3)cc(C(=O)NCc3ccccc3S(=O)(=O)N(C)C)c12. The summed E-state index contributed by atoms with van der Waals surface area (Å²) >= 11 is 0. The number of fused-ring (bicyclic) bond motifs is 1. The Labute approximate surface area is 178 Å². The molecule has 160 valence electrons. The first-order chi connectivity index (χ1) is 14.8. The van der Waals surface area contributed by atoms with E-state index in [4.69, 9.17) is 8.94 Å². The van der Waals surface area contributed by atoms with Crippen molar-refractivity contribution in [3.05, 3.63) is 65.5 Å². The Balaban J connectivity index is 1.69. The first-order valence-electron chi connectivity index (χ1n) is 9.38. The lowest BCUT2D eigenvalue weighted by Crippen LogP contribution is -2.27. The van der Waals surface area contributed by atoms with Crippen LogP contribution in [-0.2, 0) is 16.6 Å². The lowest BCUT2D eigenvalue weighted by atomic mass is 10.1. The molecule has 0 saturated carbocycles. The Morgan fingerprint density at radius 1 is 1.16 bits per heavy atom. The lowest BCUT2D eigenvalue weighted by molar-refractivity contribution is 0.0952. The highest BCUT2D eigenvalue weighted by atomic mass is 32.2. The van der Waals surface area contributed by atoms with Crippen molar-refractivity contribution in [1.29, 1.82) is 0 Å². The van der Waals surface area contributed by atoms with Crippen molar-refractivity contribution >= 4 is 27.0 Å². The molecule has 0 spiro atoms. The van der Waals surface area contributed by atoms with Gasteiger partial charge in [-0.25, -0.2) is 17.7 Å². The molecule has 1 amide bonds. The second-order valence-electron chi connectivity index (χ2n) is 7.06. The van der Waals surface area contributed by atoms with Gasteiger partial charge in [0.15, 0.2) is 5.76 Å². The van der Waals surface area contributed by atoms with E-state index in [-0.39, 0.29) is 17.2 Å². The number of aryl methyl sites for hydroxylation is 1. The third-order valence-corrected chi connectivity index (χ3v) is 6.72. The fourth-order valence-electron chi connectivity index (χ4n) is 3.19. The second kappa shape index (κ2) is 7.97. The zero-order chi connectivity index (χ0) is 22.2. The van der Waals surface area contributed by atoms with E-state index in [2.05, 4.69) is 15.5 Å². The molecule has 0 saturated heterocycles. The van der Waals surface area contributed by atoms with Crippen molar-refractivity contribution < 1.29 is 22.2 Å². The number of carbonyl (C=O) groups is 1. The van der Waals surface area contributed by atoms with E-state index in [1.165, 1.54) is 26.4 Å². The molecule has 0 aliphatic rings. The standard InChI is InChI=1S/C21H20N4O5S/c1-13-19-15(11-16(17-8-6-10-29-17)23-21(19)30-24-13)20(26)22-12-14-7-4-5-9-18(14)31(27,28)25(2)3/h4-11H,12H2,1-3H3,(H,22,26). The van der Waals surface area contributed by atoms with Crippen molar-refractivity contribution in [2.45, 2.75) is 18.4 Å². The topological polar surface area (TPSA) is 119 Å². The summed E-state index contributed by atoms with van der Waals surface area (Å²) in [7, 11) is -0.731. The summed E-state index contributed by atoms with van der Waals surface area (Å²) in [4.78, 5) is 17.6. The van der Waals surface area contributed by atoms with Crippen molar-refractivity contribution in [3.63, 3.8) is 0 Å². The van der Waals surface area contributed by atoms with E-state index < -0.39 is 15.9 Å². The zero-order valence-corrected chi connectivity index (χ0v) is 17.9. The van der Waals surface area contributed by atoms with Crippen LogP contribution in [0.25, 0.3) is 22.6 Å². The third-order valence-electron chi connectivity index (χ3n) is 4.81. The first-order valence-corrected chi connectivity index (χ1v) is 10.8. The van der Waals surface area contributed by atoms with Gasteiger partial charge in [0.25, 0.3) is 11.6 Å². The molecule has 10 heteroatoms. The molecule has 4 rings (SSSR count). The van der Waals surface area contributed by atoms with Gasteiger partial charge in [-0.15, -0.1) is 0 Å². The molecule has 1 N–H and O–H groups in total. The Bertz CT molecular complexity index is 1360. The van der Waals surface area contributed by atoms with Gasteiger partial charge in [0.05, 0.1) is 27.8 Å².